The number of amides is 1. The van der Waals surface area contributed by atoms with Crippen LogP contribution in [0.2, 0.25) is 0 Å². The van der Waals surface area contributed by atoms with Crippen LogP contribution < -0.4 is 10.2 Å². The van der Waals surface area contributed by atoms with Crippen molar-refractivity contribution in [3.63, 3.8) is 0 Å². The van der Waals surface area contributed by atoms with E-state index in [-0.39, 0.29) is 31.8 Å². The van der Waals surface area contributed by atoms with Crippen LogP contribution in [0.1, 0.15) is 67.8 Å². The number of anilines is 3. The summed E-state index contributed by atoms with van der Waals surface area (Å²) in [4.78, 5) is 34.3. The Morgan fingerprint density at radius 2 is 1.91 bits per heavy atom. The lowest BCUT2D eigenvalue weighted by molar-refractivity contribution is -0.138. The summed E-state index contributed by atoms with van der Waals surface area (Å²) in [6.07, 6.45) is 8.14. The van der Waals surface area contributed by atoms with Gasteiger partial charge in [-0.05, 0) is 44.9 Å². The number of H-pyrrole nitrogens is 1. The molecule has 2 aromatic rings. The molecule has 2 aliphatic carbocycles. The predicted molar refractivity (Wildman–Crippen MR) is 119 cm³/mol. The van der Waals surface area contributed by atoms with Gasteiger partial charge in [0.15, 0.2) is 0 Å². The number of carbonyl (C=O) groups excluding carboxylic acids is 1. The Hall–Kier alpha value is -2.78. The molecule has 4 heterocycles. The zero-order valence-electron chi connectivity index (χ0n) is 18.6. The first-order chi connectivity index (χ1) is 16.0. The van der Waals surface area contributed by atoms with Crippen LogP contribution in [0, 0.1) is 0 Å². The van der Waals surface area contributed by atoms with E-state index in [1.165, 1.54) is 12.8 Å². The molecule has 4 aliphatic rings. The Bertz CT molecular complexity index is 1060. The van der Waals surface area contributed by atoms with Gasteiger partial charge in [-0.1, -0.05) is 0 Å². The van der Waals surface area contributed by atoms with Crippen LogP contribution in [0.15, 0.2) is 6.20 Å². The minimum Gasteiger partial charge on any atom is -0.340 e. The molecule has 8 nitrogen and oxygen atoms in total. The summed E-state index contributed by atoms with van der Waals surface area (Å²) in [5.74, 6) is -0.183. The van der Waals surface area contributed by atoms with Gasteiger partial charge in [-0.15, -0.1) is 0 Å². The van der Waals surface area contributed by atoms with Crippen molar-refractivity contribution in [3.8, 4) is 0 Å². The van der Waals surface area contributed by atoms with Crippen LogP contribution in [0.5, 0.6) is 0 Å². The fraction of sp³-hybridized carbons (Fsp3) is 0.652. The van der Waals surface area contributed by atoms with Gasteiger partial charge in [-0.3, -0.25) is 4.79 Å². The third-order valence-electron chi connectivity index (χ3n) is 7.37. The quantitative estimate of drug-likeness (QED) is 0.714. The monoisotopic (exact) mass is 457 g/mol. The zero-order chi connectivity index (χ0) is 22.6. The standard InChI is InChI=1S/C23H29F2N7O/c24-23(25)8-11-31(12-9-23)20(33)18-5-2-10-32(18)22-28-16-4-1-3-15(16)19(30-22)29-21-26-13-17(27-21)14-6-7-14/h13-14,18H,1-12H2,(H2,26,27,28,29,30)/t18-/m1/s1. The molecule has 33 heavy (non-hydrogen) atoms. The number of hydrogen-bond acceptors (Lipinski definition) is 6. The van der Waals surface area contributed by atoms with E-state index in [1.807, 2.05) is 11.1 Å². The molecule has 0 radical (unpaired) electrons. The van der Waals surface area contributed by atoms with Crippen molar-refractivity contribution in [2.24, 2.45) is 0 Å². The number of imidazole rings is 1. The van der Waals surface area contributed by atoms with Crippen LogP contribution in [0.4, 0.5) is 26.5 Å². The van der Waals surface area contributed by atoms with Gasteiger partial charge in [-0.25, -0.2) is 18.7 Å². The summed E-state index contributed by atoms with van der Waals surface area (Å²) in [6, 6.07) is -0.394. The van der Waals surface area contributed by atoms with Gasteiger partial charge in [0, 0.05) is 49.7 Å². The lowest BCUT2D eigenvalue weighted by Gasteiger charge is -2.35. The number of aryl methyl sites for hydroxylation is 1. The van der Waals surface area contributed by atoms with Gasteiger partial charge in [0.1, 0.15) is 11.9 Å². The summed E-state index contributed by atoms with van der Waals surface area (Å²) in [6.45, 7) is 0.900. The van der Waals surface area contributed by atoms with Crippen molar-refractivity contribution in [2.45, 2.75) is 75.7 Å². The average Bonchev–Trinajstić information content (AvgIpc) is 3.19. The van der Waals surface area contributed by atoms with E-state index in [2.05, 4.69) is 15.3 Å². The fourth-order valence-corrected chi connectivity index (χ4v) is 5.29. The summed E-state index contributed by atoms with van der Waals surface area (Å²) < 4.78 is 27.2. The maximum absolute atomic E-state index is 13.6. The predicted octanol–water partition coefficient (Wildman–Crippen LogP) is 3.54. The van der Waals surface area contributed by atoms with E-state index in [0.717, 1.165) is 48.5 Å². The maximum atomic E-state index is 13.6. The molecule has 1 amide bonds. The van der Waals surface area contributed by atoms with E-state index in [4.69, 9.17) is 9.97 Å². The second-order valence-corrected chi connectivity index (χ2v) is 9.77. The summed E-state index contributed by atoms with van der Waals surface area (Å²) in [5, 5.41) is 3.36. The molecule has 176 valence electrons. The molecule has 3 fully saturated rings. The Labute approximate surface area is 191 Å². The number of nitrogens with zero attached hydrogens (tertiary/aromatic N) is 5. The van der Waals surface area contributed by atoms with Crippen LogP contribution >= 0.6 is 0 Å². The Morgan fingerprint density at radius 3 is 2.70 bits per heavy atom. The number of fused-ring (bicyclic) bond motifs is 1. The summed E-state index contributed by atoms with van der Waals surface area (Å²) in [7, 11) is 0. The van der Waals surface area contributed by atoms with Gasteiger partial charge >= 0.3 is 0 Å². The first-order valence-corrected chi connectivity index (χ1v) is 12.1. The number of alkyl halides is 2. The van der Waals surface area contributed by atoms with Crippen molar-refractivity contribution < 1.29 is 13.6 Å². The number of hydrogen-bond donors (Lipinski definition) is 2. The van der Waals surface area contributed by atoms with Gasteiger partial charge < -0.3 is 20.1 Å². The van der Waals surface area contributed by atoms with Crippen molar-refractivity contribution in [2.75, 3.05) is 29.9 Å². The highest BCUT2D eigenvalue weighted by Crippen LogP contribution is 2.40. The molecule has 2 aromatic heterocycles. The SMILES string of the molecule is O=C([C@H]1CCCN1c1nc2c(c(Nc3ncc(C4CC4)[nH]3)n1)CCC2)N1CCC(F)(F)CC1. The molecule has 0 spiro atoms. The Balaban J connectivity index is 1.24. The number of halogens is 2. The number of likely N-dealkylation sites (tertiary alicyclic amines) is 1. The Morgan fingerprint density at radius 1 is 1.09 bits per heavy atom. The fourth-order valence-electron chi connectivity index (χ4n) is 5.29. The first kappa shape index (κ1) is 20.8. The van der Waals surface area contributed by atoms with E-state index < -0.39 is 12.0 Å². The van der Waals surface area contributed by atoms with Crippen LogP contribution in [-0.2, 0) is 17.6 Å². The molecular weight excluding hydrogens is 428 g/mol. The lowest BCUT2D eigenvalue weighted by Crippen LogP contribution is -2.50. The van der Waals surface area contributed by atoms with Crippen molar-refractivity contribution in [1.82, 2.24) is 24.8 Å². The molecule has 2 aliphatic heterocycles. The minimum absolute atomic E-state index is 0.0817. The lowest BCUT2D eigenvalue weighted by atomic mass is 10.1. The zero-order valence-corrected chi connectivity index (χ0v) is 18.6. The number of aromatic nitrogens is 4. The number of nitrogens with one attached hydrogen (secondary N) is 2. The molecule has 1 atom stereocenters. The van der Waals surface area contributed by atoms with Crippen LogP contribution in [0.25, 0.3) is 0 Å². The molecule has 0 unspecified atom stereocenters. The summed E-state index contributed by atoms with van der Waals surface area (Å²) in [5.41, 5.74) is 3.29. The highest BCUT2D eigenvalue weighted by molar-refractivity contribution is 5.85. The van der Waals surface area contributed by atoms with Gasteiger partial charge in [-0.2, -0.15) is 4.98 Å². The normalized spacial score (nSPS) is 24.2. The minimum atomic E-state index is -2.67. The highest BCUT2D eigenvalue weighted by atomic mass is 19.3. The molecule has 1 saturated carbocycles. The third-order valence-corrected chi connectivity index (χ3v) is 7.37. The number of carbonyl (C=O) groups is 1. The van der Waals surface area contributed by atoms with Crippen molar-refractivity contribution >= 4 is 23.6 Å². The highest BCUT2D eigenvalue weighted by Gasteiger charge is 2.41. The summed E-state index contributed by atoms with van der Waals surface area (Å²) >= 11 is 0. The molecule has 0 aromatic carbocycles. The van der Waals surface area contributed by atoms with E-state index in [1.54, 1.807) is 4.90 Å². The van der Waals surface area contributed by atoms with Crippen LogP contribution in [0.3, 0.4) is 0 Å². The van der Waals surface area contributed by atoms with Gasteiger partial charge in [0.2, 0.25) is 17.8 Å². The molecular formula is C23H29F2N7O. The molecule has 2 N–H and O–H groups in total. The molecule has 6 rings (SSSR count). The molecule has 0 bridgehead atoms. The number of aromatic amines is 1. The first-order valence-electron chi connectivity index (χ1n) is 12.1. The maximum Gasteiger partial charge on any atom is 0.251 e. The smallest absolute Gasteiger partial charge is 0.251 e. The van der Waals surface area contributed by atoms with E-state index in [9.17, 15) is 13.6 Å². The third kappa shape index (κ3) is 4.04. The molecule has 2 saturated heterocycles. The molecule has 10 heteroatoms. The topological polar surface area (TPSA) is 90.0 Å². The van der Waals surface area contributed by atoms with E-state index in [0.29, 0.717) is 30.8 Å². The van der Waals surface area contributed by atoms with Crippen LogP contribution in [-0.4, -0.2) is 62.3 Å². The largest absolute Gasteiger partial charge is 0.340 e. The number of rotatable bonds is 5. The second-order valence-electron chi connectivity index (χ2n) is 9.77. The second kappa shape index (κ2) is 7.92. The van der Waals surface area contributed by atoms with E-state index >= 15 is 0 Å². The number of piperidine rings is 1. The van der Waals surface area contributed by atoms with Crippen molar-refractivity contribution in [1.29, 1.82) is 0 Å². The Kier molecular flexibility index (Phi) is 4.99. The van der Waals surface area contributed by atoms with Crippen molar-refractivity contribution in [3.05, 3.63) is 23.1 Å². The van der Waals surface area contributed by atoms with Gasteiger partial charge in [0.05, 0.1) is 11.9 Å². The average molecular weight is 458 g/mol. The van der Waals surface area contributed by atoms with Gasteiger partial charge in [0.25, 0.3) is 5.92 Å².